The first-order valence-electron chi connectivity index (χ1n) is 17.3. The number of hydrogen-bond acceptors (Lipinski definition) is 3. The monoisotopic (exact) mass is 638 g/mol. The minimum absolute atomic E-state index is 0.139. The molecule has 3 heteroatoms. The van der Waals surface area contributed by atoms with Crippen molar-refractivity contribution in [1.29, 1.82) is 5.41 Å². The van der Waals surface area contributed by atoms with Crippen molar-refractivity contribution >= 4 is 17.0 Å². The Morgan fingerprint density at radius 3 is 1.41 bits per heavy atom. The number of aliphatic hydroxyl groups excluding tert-OH is 2. The maximum atomic E-state index is 8.63. The highest BCUT2D eigenvalue weighted by molar-refractivity contribution is 5.88. The van der Waals surface area contributed by atoms with E-state index in [1.165, 1.54) is 44.8 Å². The normalized spacial score (nSPS) is 8.78. The number of nitrogens with one attached hydrogen (secondary N) is 1. The van der Waals surface area contributed by atoms with Crippen LogP contribution in [0, 0.1) is 12.3 Å². The van der Waals surface area contributed by atoms with Crippen LogP contribution in [-0.2, 0) is 19.4 Å². The van der Waals surface area contributed by atoms with Gasteiger partial charge < -0.3 is 15.6 Å². The van der Waals surface area contributed by atoms with E-state index in [0.29, 0.717) is 0 Å². The third-order valence-electron chi connectivity index (χ3n) is 5.33. The zero-order valence-corrected chi connectivity index (χ0v) is 33.0. The predicted octanol–water partition coefficient (Wildman–Crippen LogP) is 13.3. The molecule has 3 N–H and O–H groups in total. The topological polar surface area (TPSA) is 64.3 Å². The van der Waals surface area contributed by atoms with Gasteiger partial charge in [-0.15, -0.1) is 6.58 Å². The summed E-state index contributed by atoms with van der Waals surface area (Å²) in [6, 6.07) is 21.0. The lowest BCUT2D eigenvalue weighted by molar-refractivity contribution is 0.282. The van der Waals surface area contributed by atoms with Crippen molar-refractivity contribution in [3.8, 4) is 0 Å². The first-order valence-corrected chi connectivity index (χ1v) is 17.3. The maximum Gasteiger partial charge on any atom is 0.0681 e. The third kappa shape index (κ3) is 32.1. The van der Waals surface area contributed by atoms with Gasteiger partial charge in [0.25, 0.3) is 0 Å². The van der Waals surface area contributed by atoms with E-state index < -0.39 is 0 Å². The Labute approximate surface area is 287 Å². The Morgan fingerprint density at radius 2 is 1.13 bits per heavy atom. The molecule has 0 aliphatic carbocycles. The maximum absolute atomic E-state index is 8.63. The summed E-state index contributed by atoms with van der Waals surface area (Å²) < 4.78 is 0. The molecule has 0 radical (unpaired) electrons. The smallest absolute Gasteiger partial charge is 0.0681 e. The standard InChI is InChI=1S/C14H16.C8H13N.C8H10O.C4H8.4C2H6.CH4O/c1-3-11-7-5-9-13-10-6-8-12(4-2)14(11)13;1-3-8(4-2)6-5-7-9;1-7-2-4-8(6-9)5-3-7;1-4(2)3;5*1-2/h5-10H,3-4H2,1-2H3;3,5-7,9H,4H2,1-2H3;2-5,9H,6H2,1H3;1H2,2-3H3;4*1-2H3;2H,1H3/b;6-5-,8-3-,9-7?;;;;;;;. The molecule has 0 bridgehead atoms. The zero-order chi connectivity index (χ0) is 37.3. The quantitative estimate of drug-likeness (QED) is 0.143. The molecule has 0 saturated heterocycles. The van der Waals surface area contributed by atoms with E-state index in [2.05, 4.69) is 69.8 Å². The van der Waals surface area contributed by atoms with E-state index in [0.717, 1.165) is 31.9 Å². The molecule has 3 rings (SSSR count). The number of benzene rings is 3. The van der Waals surface area contributed by atoms with Gasteiger partial charge in [0.2, 0.25) is 0 Å². The lowest BCUT2D eigenvalue weighted by atomic mass is 9.97. The van der Waals surface area contributed by atoms with Crippen LogP contribution in [0.25, 0.3) is 10.8 Å². The summed E-state index contributed by atoms with van der Waals surface area (Å²) in [6.45, 7) is 34.2. The van der Waals surface area contributed by atoms with E-state index >= 15 is 0 Å². The average molecular weight is 638 g/mol. The fraction of sp³-hybridized carbons (Fsp3) is 0.465. The van der Waals surface area contributed by atoms with Crippen LogP contribution in [0.2, 0.25) is 0 Å². The average Bonchev–Trinajstić information content (AvgIpc) is 3.13. The van der Waals surface area contributed by atoms with Gasteiger partial charge in [-0.1, -0.05) is 166 Å². The summed E-state index contributed by atoms with van der Waals surface area (Å²) in [5.74, 6) is 0. The molecule has 0 aliphatic rings. The lowest BCUT2D eigenvalue weighted by Gasteiger charge is -2.08. The first-order chi connectivity index (χ1) is 22.3. The number of allylic oxidation sites excluding steroid dienone is 5. The van der Waals surface area contributed by atoms with Gasteiger partial charge in [0.05, 0.1) is 6.61 Å². The van der Waals surface area contributed by atoms with Gasteiger partial charge in [-0.05, 0) is 80.5 Å². The molecule has 264 valence electrons. The van der Waals surface area contributed by atoms with Crippen LogP contribution < -0.4 is 0 Å². The van der Waals surface area contributed by atoms with Crippen LogP contribution >= 0.6 is 0 Å². The van der Waals surface area contributed by atoms with Crippen LogP contribution in [0.15, 0.2) is 96.6 Å². The Bertz CT molecular complexity index is 1050. The van der Waals surface area contributed by atoms with Crippen molar-refractivity contribution in [3.63, 3.8) is 0 Å². The molecule has 0 unspecified atom stereocenters. The van der Waals surface area contributed by atoms with E-state index in [-0.39, 0.29) is 6.61 Å². The summed E-state index contributed by atoms with van der Waals surface area (Å²) >= 11 is 0. The molecular weight excluding hydrogens is 562 g/mol. The van der Waals surface area contributed by atoms with Gasteiger partial charge in [0.1, 0.15) is 0 Å². The minimum atomic E-state index is 0.139. The van der Waals surface area contributed by atoms with E-state index in [1.807, 2.05) is 113 Å². The van der Waals surface area contributed by atoms with Gasteiger partial charge in [0, 0.05) is 13.3 Å². The Balaban J connectivity index is -0.000000111. The molecule has 0 saturated carbocycles. The summed E-state index contributed by atoms with van der Waals surface area (Å²) in [5, 5.41) is 25.2. The van der Waals surface area contributed by atoms with Gasteiger partial charge in [-0.25, -0.2) is 0 Å². The zero-order valence-electron chi connectivity index (χ0n) is 33.0. The molecule has 3 aromatic carbocycles. The molecule has 46 heavy (non-hydrogen) atoms. The first kappa shape index (κ1) is 55.2. The Kier molecular flexibility index (Phi) is 55.3. The molecule has 0 amide bonds. The summed E-state index contributed by atoms with van der Waals surface area (Å²) in [6.07, 6.45) is 10.3. The third-order valence-corrected chi connectivity index (χ3v) is 5.33. The summed E-state index contributed by atoms with van der Waals surface area (Å²) in [7, 11) is 1.00. The molecular formula is C43H75NO2. The molecule has 0 spiro atoms. The van der Waals surface area contributed by atoms with Gasteiger partial charge in [-0.3, -0.25) is 0 Å². The molecule has 0 fully saturated rings. The van der Waals surface area contributed by atoms with Gasteiger partial charge >= 0.3 is 0 Å². The summed E-state index contributed by atoms with van der Waals surface area (Å²) in [4.78, 5) is 0. The van der Waals surface area contributed by atoms with Crippen molar-refractivity contribution in [1.82, 2.24) is 0 Å². The molecule has 0 atom stereocenters. The van der Waals surface area contributed by atoms with Gasteiger partial charge in [0.15, 0.2) is 0 Å². The van der Waals surface area contributed by atoms with Crippen molar-refractivity contribution in [2.24, 2.45) is 0 Å². The summed E-state index contributed by atoms with van der Waals surface area (Å²) in [5.41, 5.74) is 7.59. The molecule has 3 aromatic rings. The van der Waals surface area contributed by atoms with Crippen LogP contribution in [0.1, 0.15) is 126 Å². The predicted molar refractivity (Wildman–Crippen MR) is 216 cm³/mol. The fourth-order valence-corrected chi connectivity index (χ4v) is 3.37. The highest BCUT2D eigenvalue weighted by Crippen LogP contribution is 2.23. The van der Waals surface area contributed by atoms with Crippen molar-refractivity contribution in [2.45, 2.75) is 130 Å². The SMILES string of the molecule is C/C=C(\C=C/C=N)CC.C=C(C)C.CC.CC.CC.CC.CCc1cccc2cccc(CC)c12.CO.Cc1ccc(CO)cc1. The molecule has 0 heterocycles. The molecule has 0 aromatic heterocycles. The Morgan fingerprint density at radius 1 is 0.739 bits per heavy atom. The second-order valence-electron chi connectivity index (χ2n) is 8.73. The molecule has 3 nitrogen and oxygen atoms in total. The Hall–Kier alpha value is -3.27. The highest BCUT2D eigenvalue weighted by atomic mass is 16.3. The number of fused-ring (bicyclic) bond motifs is 1. The second kappa shape index (κ2) is 46.2. The van der Waals surface area contributed by atoms with E-state index in [4.69, 9.17) is 15.6 Å². The van der Waals surface area contributed by atoms with Crippen molar-refractivity contribution in [2.75, 3.05) is 7.11 Å². The second-order valence-corrected chi connectivity index (χ2v) is 8.73. The largest absolute Gasteiger partial charge is 0.400 e. The number of aliphatic hydroxyl groups is 2. The van der Waals surface area contributed by atoms with Crippen molar-refractivity contribution < 1.29 is 10.2 Å². The van der Waals surface area contributed by atoms with Gasteiger partial charge in [-0.2, -0.15) is 0 Å². The van der Waals surface area contributed by atoms with E-state index in [1.54, 1.807) is 6.08 Å². The minimum Gasteiger partial charge on any atom is -0.400 e. The highest BCUT2D eigenvalue weighted by Gasteiger charge is 2.02. The van der Waals surface area contributed by atoms with Crippen LogP contribution in [0.3, 0.4) is 0 Å². The van der Waals surface area contributed by atoms with Crippen LogP contribution in [0.5, 0.6) is 0 Å². The van der Waals surface area contributed by atoms with E-state index in [9.17, 15) is 0 Å². The van der Waals surface area contributed by atoms with Crippen LogP contribution in [0.4, 0.5) is 0 Å². The molecule has 0 aliphatic heterocycles. The number of rotatable bonds is 6. The van der Waals surface area contributed by atoms with Crippen molar-refractivity contribution in [3.05, 3.63) is 119 Å². The lowest BCUT2D eigenvalue weighted by Crippen LogP contribution is -1.89. The fourth-order valence-electron chi connectivity index (χ4n) is 3.37. The number of aryl methyl sites for hydroxylation is 3. The number of hydrogen-bond donors (Lipinski definition) is 3. The van der Waals surface area contributed by atoms with Crippen LogP contribution in [-0.4, -0.2) is 23.5 Å².